The first kappa shape index (κ1) is 21.8. The standard InChI is InChI=1S/C22H29N3O5/c1-14(2)11-12-22(3)20(28)25(21(29)24-22)13-17(26)30-18(15-7-5-4-6-8-15)19(27)23-16-9-10-16/h4-8,14,16,18H,9-13H2,1-3H3,(H,23,27)(H,24,29)/t18-,22+/m1/s1. The number of hydrogen-bond donors (Lipinski definition) is 2. The van der Waals surface area contributed by atoms with Crippen molar-refractivity contribution in [3.05, 3.63) is 35.9 Å². The number of amides is 4. The Kier molecular flexibility index (Phi) is 6.43. The third kappa shape index (κ3) is 5.17. The Morgan fingerprint density at radius 1 is 1.23 bits per heavy atom. The first-order valence-electron chi connectivity index (χ1n) is 10.4. The molecule has 0 radical (unpaired) electrons. The molecule has 1 aromatic rings. The van der Waals surface area contributed by atoms with E-state index in [1.807, 2.05) is 13.8 Å². The molecule has 1 aliphatic carbocycles. The summed E-state index contributed by atoms with van der Waals surface area (Å²) in [6, 6.07) is 8.17. The lowest BCUT2D eigenvalue weighted by molar-refractivity contribution is -0.158. The van der Waals surface area contributed by atoms with Crippen molar-refractivity contribution in [2.75, 3.05) is 6.54 Å². The smallest absolute Gasteiger partial charge is 0.327 e. The van der Waals surface area contributed by atoms with Gasteiger partial charge in [-0.2, -0.15) is 0 Å². The normalized spacial score (nSPS) is 22.1. The van der Waals surface area contributed by atoms with E-state index in [1.165, 1.54) is 0 Å². The molecule has 2 N–H and O–H groups in total. The molecule has 30 heavy (non-hydrogen) atoms. The molecular weight excluding hydrogens is 386 g/mol. The molecule has 1 heterocycles. The lowest BCUT2D eigenvalue weighted by atomic mass is 9.92. The number of benzene rings is 1. The Bertz CT molecular complexity index is 821. The number of imide groups is 1. The van der Waals surface area contributed by atoms with Gasteiger partial charge in [-0.05, 0) is 38.5 Å². The predicted molar refractivity (Wildman–Crippen MR) is 109 cm³/mol. The first-order chi connectivity index (χ1) is 14.2. The quantitative estimate of drug-likeness (QED) is 0.476. The monoisotopic (exact) mass is 415 g/mol. The van der Waals surface area contributed by atoms with E-state index in [0.717, 1.165) is 24.2 Å². The minimum absolute atomic E-state index is 0.106. The maximum Gasteiger partial charge on any atom is 0.327 e. The van der Waals surface area contributed by atoms with E-state index >= 15 is 0 Å². The molecule has 1 aliphatic heterocycles. The Hall–Kier alpha value is -2.90. The van der Waals surface area contributed by atoms with Gasteiger partial charge in [-0.25, -0.2) is 4.79 Å². The van der Waals surface area contributed by atoms with Crippen molar-refractivity contribution in [3.8, 4) is 0 Å². The Morgan fingerprint density at radius 2 is 1.90 bits per heavy atom. The van der Waals surface area contributed by atoms with E-state index in [1.54, 1.807) is 37.3 Å². The molecule has 1 aromatic carbocycles. The zero-order chi connectivity index (χ0) is 21.9. The summed E-state index contributed by atoms with van der Waals surface area (Å²) >= 11 is 0. The zero-order valence-electron chi connectivity index (χ0n) is 17.6. The summed E-state index contributed by atoms with van der Waals surface area (Å²) in [4.78, 5) is 51.2. The van der Waals surface area contributed by atoms with E-state index in [4.69, 9.17) is 4.74 Å². The third-order valence-electron chi connectivity index (χ3n) is 5.37. The highest BCUT2D eigenvalue weighted by molar-refractivity contribution is 6.08. The number of hydrogen-bond acceptors (Lipinski definition) is 5. The summed E-state index contributed by atoms with van der Waals surface area (Å²) in [5, 5.41) is 5.52. The van der Waals surface area contributed by atoms with Gasteiger partial charge in [0, 0.05) is 11.6 Å². The van der Waals surface area contributed by atoms with Crippen LogP contribution >= 0.6 is 0 Å². The zero-order valence-corrected chi connectivity index (χ0v) is 17.6. The number of ether oxygens (including phenoxy) is 1. The third-order valence-corrected chi connectivity index (χ3v) is 5.37. The topological polar surface area (TPSA) is 105 Å². The lowest BCUT2D eigenvalue weighted by Crippen LogP contribution is -2.44. The summed E-state index contributed by atoms with van der Waals surface area (Å²) in [5.41, 5.74) is -0.507. The molecule has 0 spiro atoms. The van der Waals surface area contributed by atoms with E-state index < -0.39 is 42.0 Å². The van der Waals surface area contributed by atoms with Gasteiger partial charge < -0.3 is 15.4 Å². The van der Waals surface area contributed by atoms with Crippen molar-refractivity contribution in [1.29, 1.82) is 0 Å². The first-order valence-corrected chi connectivity index (χ1v) is 10.4. The van der Waals surface area contributed by atoms with Crippen molar-refractivity contribution in [2.45, 2.75) is 64.1 Å². The maximum absolute atomic E-state index is 12.8. The Morgan fingerprint density at radius 3 is 2.50 bits per heavy atom. The molecule has 3 rings (SSSR count). The van der Waals surface area contributed by atoms with E-state index in [-0.39, 0.29) is 6.04 Å². The van der Waals surface area contributed by atoms with Crippen molar-refractivity contribution in [3.63, 3.8) is 0 Å². The van der Waals surface area contributed by atoms with Crippen molar-refractivity contribution >= 4 is 23.8 Å². The van der Waals surface area contributed by atoms with Crippen LogP contribution in [0.15, 0.2) is 30.3 Å². The van der Waals surface area contributed by atoms with Crippen LogP contribution in [0, 0.1) is 5.92 Å². The van der Waals surface area contributed by atoms with Gasteiger partial charge in [0.2, 0.25) is 6.10 Å². The second kappa shape index (κ2) is 8.85. The van der Waals surface area contributed by atoms with Gasteiger partial charge in [0.25, 0.3) is 11.8 Å². The van der Waals surface area contributed by atoms with Crippen molar-refractivity contribution in [1.82, 2.24) is 15.5 Å². The van der Waals surface area contributed by atoms with Crippen LogP contribution in [0.25, 0.3) is 0 Å². The van der Waals surface area contributed by atoms with Crippen LogP contribution in [0.2, 0.25) is 0 Å². The molecule has 4 amide bonds. The van der Waals surface area contributed by atoms with Crippen LogP contribution in [0.5, 0.6) is 0 Å². The fourth-order valence-corrected chi connectivity index (χ4v) is 3.34. The van der Waals surface area contributed by atoms with E-state index in [0.29, 0.717) is 17.9 Å². The van der Waals surface area contributed by atoms with Crippen LogP contribution < -0.4 is 10.6 Å². The molecule has 0 bridgehead atoms. The molecule has 2 fully saturated rings. The number of urea groups is 1. The minimum Gasteiger partial charge on any atom is -0.446 e. The van der Waals surface area contributed by atoms with Gasteiger partial charge in [0.05, 0.1) is 0 Å². The lowest BCUT2D eigenvalue weighted by Gasteiger charge is -2.23. The second-order valence-electron chi connectivity index (χ2n) is 8.65. The molecular formula is C22H29N3O5. The van der Waals surface area contributed by atoms with Crippen LogP contribution in [0.3, 0.4) is 0 Å². The molecule has 0 aromatic heterocycles. The molecule has 1 saturated carbocycles. The molecule has 8 heteroatoms. The van der Waals surface area contributed by atoms with Gasteiger partial charge in [0.15, 0.2) is 0 Å². The van der Waals surface area contributed by atoms with E-state index in [9.17, 15) is 19.2 Å². The summed E-state index contributed by atoms with van der Waals surface area (Å²) in [7, 11) is 0. The van der Waals surface area contributed by atoms with Crippen molar-refractivity contribution in [2.24, 2.45) is 5.92 Å². The van der Waals surface area contributed by atoms with Gasteiger partial charge >= 0.3 is 12.0 Å². The average Bonchev–Trinajstić information content (AvgIpc) is 3.49. The van der Waals surface area contributed by atoms with Gasteiger partial charge in [0.1, 0.15) is 12.1 Å². The Balaban J connectivity index is 1.66. The van der Waals surface area contributed by atoms with Gasteiger partial charge in [-0.3, -0.25) is 19.3 Å². The number of nitrogens with one attached hydrogen (secondary N) is 2. The molecule has 0 unspecified atom stereocenters. The van der Waals surface area contributed by atoms with Crippen LogP contribution in [0.1, 0.15) is 58.1 Å². The number of esters is 1. The average molecular weight is 415 g/mol. The fourth-order valence-electron chi connectivity index (χ4n) is 3.34. The number of rotatable bonds is 9. The summed E-state index contributed by atoms with van der Waals surface area (Å²) < 4.78 is 5.43. The number of carbonyl (C=O) groups is 4. The highest BCUT2D eigenvalue weighted by Crippen LogP contribution is 2.26. The number of carbonyl (C=O) groups excluding carboxylic acids is 4. The van der Waals surface area contributed by atoms with Crippen LogP contribution in [-0.2, 0) is 19.1 Å². The summed E-state index contributed by atoms with van der Waals surface area (Å²) in [6.45, 7) is 5.20. The van der Waals surface area contributed by atoms with E-state index in [2.05, 4.69) is 10.6 Å². The molecule has 1 saturated heterocycles. The minimum atomic E-state index is -1.13. The number of nitrogens with zero attached hydrogens (tertiary/aromatic N) is 1. The Labute approximate surface area is 176 Å². The summed E-state index contributed by atoms with van der Waals surface area (Å²) in [5.74, 6) is -1.30. The molecule has 2 atom stereocenters. The maximum atomic E-state index is 12.8. The predicted octanol–water partition coefficient (Wildman–Crippen LogP) is 2.30. The van der Waals surface area contributed by atoms with Crippen molar-refractivity contribution < 1.29 is 23.9 Å². The van der Waals surface area contributed by atoms with Gasteiger partial charge in [-0.1, -0.05) is 44.2 Å². The molecule has 2 aliphatic rings. The largest absolute Gasteiger partial charge is 0.446 e. The fraction of sp³-hybridized carbons (Fsp3) is 0.545. The highest BCUT2D eigenvalue weighted by atomic mass is 16.5. The molecule has 8 nitrogen and oxygen atoms in total. The SMILES string of the molecule is CC(C)CC[C@]1(C)NC(=O)N(CC(=O)O[C@@H](C(=O)NC2CC2)c2ccccc2)C1=O. The highest BCUT2D eigenvalue weighted by Gasteiger charge is 2.48. The van der Waals surface area contributed by atoms with Crippen LogP contribution in [0.4, 0.5) is 4.79 Å². The molecule has 162 valence electrons. The van der Waals surface area contributed by atoms with Crippen LogP contribution in [-0.4, -0.2) is 46.8 Å². The second-order valence-corrected chi connectivity index (χ2v) is 8.65. The van der Waals surface area contributed by atoms with Gasteiger partial charge in [-0.15, -0.1) is 0 Å². The summed E-state index contributed by atoms with van der Waals surface area (Å²) in [6.07, 6.45) is 1.92.